The summed E-state index contributed by atoms with van der Waals surface area (Å²) in [6, 6.07) is 5.49. The first-order chi connectivity index (χ1) is 11.5. The van der Waals surface area contributed by atoms with Crippen LogP contribution in [0.4, 0.5) is 5.69 Å². The highest BCUT2D eigenvalue weighted by molar-refractivity contribution is 7.89. The molecule has 0 amide bonds. The van der Waals surface area contributed by atoms with Gasteiger partial charge in [-0.3, -0.25) is 15.1 Å². The Morgan fingerprint density at radius 2 is 2.16 bits per heavy atom. The summed E-state index contributed by atoms with van der Waals surface area (Å²) >= 11 is 0. The number of hydrogen-bond donors (Lipinski definition) is 1. The lowest BCUT2D eigenvalue weighted by molar-refractivity contribution is -0.383. The third kappa shape index (κ3) is 3.45. The number of fused-ring (bicyclic) bond motifs is 1. The summed E-state index contributed by atoms with van der Waals surface area (Å²) < 4.78 is 27.7. The van der Waals surface area contributed by atoms with Gasteiger partial charge in [0.15, 0.2) is 0 Å². The average molecular weight is 387 g/mol. The molecular weight excluding hydrogens is 368 g/mol. The Bertz CT molecular complexity index is 890. The molecule has 1 unspecified atom stereocenters. The van der Waals surface area contributed by atoms with Crippen LogP contribution in [0, 0.1) is 10.1 Å². The fourth-order valence-corrected chi connectivity index (χ4v) is 5.03. The van der Waals surface area contributed by atoms with Crippen molar-refractivity contribution in [1.82, 2.24) is 14.6 Å². The van der Waals surface area contributed by atoms with Gasteiger partial charge in [-0.2, -0.15) is 4.31 Å². The summed E-state index contributed by atoms with van der Waals surface area (Å²) in [5, 5.41) is 14.4. The number of pyridine rings is 1. The van der Waals surface area contributed by atoms with Gasteiger partial charge in [-0.05, 0) is 38.1 Å². The molecule has 10 heteroatoms. The summed E-state index contributed by atoms with van der Waals surface area (Å²) in [4.78, 5) is 14.8. The number of nitro groups is 1. The van der Waals surface area contributed by atoms with Crippen molar-refractivity contribution in [1.29, 1.82) is 0 Å². The number of nitro benzene ring substituents is 1. The minimum Gasteiger partial charge on any atom is -0.318 e. The van der Waals surface area contributed by atoms with Gasteiger partial charge in [0.1, 0.15) is 4.90 Å². The Kier molecular flexibility index (Phi) is 5.94. The number of nitrogens with zero attached hydrogens (tertiary/aromatic N) is 3. The van der Waals surface area contributed by atoms with E-state index in [4.69, 9.17) is 0 Å². The smallest absolute Gasteiger partial charge is 0.278 e. The highest BCUT2D eigenvalue weighted by Gasteiger charge is 2.36. The predicted octanol–water partition coefficient (Wildman–Crippen LogP) is 1.94. The normalized spacial score (nSPS) is 18.2. The van der Waals surface area contributed by atoms with Crippen molar-refractivity contribution in [2.24, 2.45) is 0 Å². The van der Waals surface area contributed by atoms with Gasteiger partial charge in [0.05, 0.1) is 15.8 Å². The zero-order valence-corrected chi connectivity index (χ0v) is 15.2. The van der Waals surface area contributed by atoms with E-state index in [2.05, 4.69) is 10.3 Å². The molecule has 0 saturated carbocycles. The molecule has 1 fully saturated rings. The van der Waals surface area contributed by atoms with E-state index >= 15 is 0 Å². The van der Waals surface area contributed by atoms with Crippen LogP contribution in [0.3, 0.4) is 0 Å². The lowest BCUT2D eigenvalue weighted by atomic mass is 10.2. The molecule has 0 spiro atoms. The van der Waals surface area contributed by atoms with E-state index in [9.17, 15) is 18.5 Å². The predicted molar refractivity (Wildman–Crippen MR) is 96.5 cm³/mol. The van der Waals surface area contributed by atoms with E-state index in [1.165, 1.54) is 28.7 Å². The number of likely N-dealkylation sites (N-methyl/N-ethyl adjacent to an activating group) is 1. The SMILES string of the molecule is CNCC1CCCN1S(=O)(=O)c1ccc([N+](=O)[O-])c2cccnc12.Cl. The van der Waals surface area contributed by atoms with Crippen molar-refractivity contribution in [3.8, 4) is 0 Å². The third-order valence-electron chi connectivity index (χ3n) is 4.26. The molecule has 1 aromatic heterocycles. The quantitative estimate of drug-likeness (QED) is 0.621. The number of aromatic nitrogens is 1. The number of non-ortho nitro benzene ring substituents is 1. The number of sulfonamides is 1. The van der Waals surface area contributed by atoms with Crippen molar-refractivity contribution in [2.45, 2.75) is 23.8 Å². The fourth-order valence-electron chi connectivity index (χ4n) is 3.19. The lowest BCUT2D eigenvalue weighted by Crippen LogP contribution is -2.40. The van der Waals surface area contributed by atoms with Crippen molar-refractivity contribution < 1.29 is 13.3 Å². The molecule has 8 nitrogen and oxygen atoms in total. The van der Waals surface area contributed by atoms with Gasteiger partial charge in [0, 0.05) is 31.4 Å². The Labute approximate surface area is 151 Å². The van der Waals surface area contributed by atoms with Gasteiger partial charge >= 0.3 is 0 Å². The van der Waals surface area contributed by atoms with Gasteiger partial charge in [0.2, 0.25) is 10.0 Å². The second kappa shape index (κ2) is 7.61. The molecular formula is C15H19ClN4O4S. The van der Waals surface area contributed by atoms with E-state index in [1.54, 1.807) is 13.1 Å². The first-order valence-corrected chi connectivity index (χ1v) is 9.09. The summed E-state index contributed by atoms with van der Waals surface area (Å²) in [5.41, 5.74) is -0.00736. The molecule has 2 aromatic rings. The second-order valence-electron chi connectivity index (χ2n) is 5.71. The number of halogens is 1. The topological polar surface area (TPSA) is 105 Å². The summed E-state index contributed by atoms with van der Waals surface area (Å²) in [7, 11) is -1.99. The van der Waals surface area contributed by atoms with Crippen LogP contribution in [0.15, 0.2) is 35.4 Å². The fraction of sp³-hybridized carbons (Fsp3) is 0.400. The van der Waals surface area contributed by atoms with Gasteiger partial charge in [-0.1, -0.05) is 0 Å². The van der Waals surface area contributed by atoms with Crippen molar-refractivity contribution in [3.05, 3.63) is 40.6 Å². The van der Waals surface area contributed by atoms with Crippen LogP contribution < -0.4 is 5.32 Å². The number of nitrogens with one attached hydrogen (secondary N) is 1. The van der Waals surface area contributed by atoms with Gasteiger partial charge in [-0.25, -0.2) is 8.42 Å². The lowest BCUT2D eigenvalue weighted by Gasteiger charge is -2.24. The molecule has 3 rings (SSSR count). The molecule has 2 heterocycles. The zero-order valence-electron chi connectivity index (χ0n) is 13.6. The highest BCUT2D eigenvalue weighted by Crippen LogP contribution is 2.33. The maximum atomic E-state index is 13.1. The highest BCUT2D eigenvalue weighted by atomic mass is 35.5. The Hall–Kier alpha value is -1.81. The van der Waals surface area contributed by atoms with Crippen molar-refractivity contribution in [2.75, 3.05) is 20.1 Å². The van der Waals surface area contributed by atoms with E-state index in [0.29, 0.717) is 13.1 Å². The average Bonchev–Trinajstić information content (AvgIpc) is 3.03. The molecule has 1 N–H and O–H groups in total. The van der Waals surface area contributed by atoms with Crippen LogP contribution >= 0.6 is 12.4 Å². The zero-order chi connectivity index (χ0) is 17.3. The molecule has 136 valence electrons. The first kappa shape index (κ1) is 19.5. The maximum Gasteiger partial charge on any atom is 0.278 e. The van der Waals surface area contributed by atoms with Crippen LogP contribution in [0.5, 0.6) is 0 Å². The van der Waals surface area contributed by atoms with Crippen LogP contribution in [-0.2, 0) is 10.0 Å². The largest absolute Gasteiger partial charge is 0.318 e. The molecule has 1 aliphatic rings. The molecule has 1 saturated heterocycles. The van der Waals surface area contributed by atoms with E-state index < -0.39 is 14.9 Å². The van der Waals surface area contributed by atoms with E-state index in [1.807, 2.05) is 0 Å². The number of benzene rings is 1. The second-order valence-corrected chi connectivity index (χ2v) is 7.57. The molecule has 1 atom stereocenters. The minimum absolute atomic E-state index is 0. The molecule has 1 aliphatic heterocycles. The van der Waals surface area contributed by atoms with Gasteiger partial charge in [0.25, 0.3) is 5.69 Å². The van der Waals surface area contributed by atoms with Crippen molar-refractivity contribution in [3.63, 3.8) is 0 Å². The maximum absolute atomic E-state index is 13.1. The molecule has 0 bridgehead atoms. The van der Waals surface area contributed by atoms with Gasteiger partial charge in [-0.15, -0.1) is 12.4 Å². The van der Waals surface area contributed by atoms with E-state index in [0.717, 1.165) is 12.8 Å². The summed E-state index contributed by atoms with van der Waals surface area (Å²) in [6.45, 7) is 1.01. The third-order valence-corrected chi connectivity index (χ3v) is 6.24. The standard InChI is InChI=1S/C15H18N4O4S.ClH/c1-16-10-11-4-3-9-18(11)24(22,23)14-7-6-13(19(20)21)12-5-2-8-17-15(12)14;/h2,5-8,11,16H,3-4,9-10H2,1H3;1H. The van der Waals surface area contributed by atoms with Crippen LogP contribution in [0.1, 0.15) is 12.8 Å². The Morgan fingerprint density at radius 3 is 2.84 bits per heavy atom. The van der Waals surface area contributed by atoms with Crippen LogP contribution in [-0.4, -0.2) is 48.8 Å². The Morgan fingerprint density at radius 1 is 1.40 bits per heavy atom. The molecule has 1 aromatic carbocycles. The molecule has 25 heavy (non-hydrogen) atoms. The van der Waals surface area contributed by atoms with Gasteiger partial charge < -0.3 is 5.32 Å². The first-order valence-electron chi connectivity index (χ1n) is 7.65. The minimum atomic E-state index is -3.77. The molecule has 0 radical (unpaired) electrons. The summed E-state index contributed by atoms with van der Waals surface area (Å²) in [5.74, 6) is 0. The van der Waals surface area contributed by atoms with E-state index in [-0.39, 0.29) is 39.9 Å². The van der Waals surface area contributed by atoms with Crippen molar-refractivity contribution >= 4 is 39.0 Å². The summed E-state index contributed by atoms with van der Waals surface area (Å²) in [6.07, 6.45) is 3.03. The monoisotopic (exact) mass is 386 g/mol. The Balaban J connectivity index is 0.00000225. The number of rotatable bonds is 5. The molecule has 0 aliphatic carbocycles. The van der Waals surface area contributed by atoms with Crippen LogP contribution in [0.25, 0.3) is 10.9 Å². The number of hydrogen-bond acceptors (Lipinski definition) is 6. The van der Waals surface area contributed by atoms with Crippen LogP contribution in [0.2, 0.25) is 0 Å².